The first kappa shape index (κ1) is 46.5. The fourth-order valence-corrected chi connectivity index (χ4v) is 4.29. The quantitative estimate of drug-likeness (QED) is 0.0775. The summed E-state index contributed by atoms with van der Waals surface area (Å²) in [5.41, 5.74) is 2.31. The molecular formula is C36H60O15. The van der Waals surface area contributed by atoms with E-state index in [-0.39, 0.29) is 79.3 Å². The predicted molar refractivity (Wildman–Crippen MR) is 187 cm³/mol. The summed E-state index contributed by atoms with van der Waals surface area (Å²) in [5, 5.41) is 47.9. The molecule has 0 aliphatic carbocycles. The van der Waals surface area contributed by atoms with Crippen molar-refractivity contribution in [3.05, 3.63) is 59.7 Å². The van der Waals surface area contributed by atoms with Crippen molar-refractivity contribution in [2.45, 2.75) is 43.0 Å². The second kappa shape index (κ2) is 30.0. The molecule has 2 rings (SSSR count). The molecule has 0 radical (unpaired) electrons. The summed E-state index contributed by atoms with van der Waals surface area (Å²) in [7, 11) is 7.56. The predicted octanol–water partition coefficient (Wildman–Crippen LogP) is 0.476. The zero-order chi connectivity index (χ0) is 37.7. The van der Waals surface area contributed by atoms with Gasteiger partial charge < -0.3 is 72.9 Å². The Morgan fingerprint density at radius 2 is 0.706 bits per heavy atom. The summed E-state index contributed by atoms with van der Waals surface area (Å²) in [6.07, 6.45) is -3.13. The van der Waals surface area contributed by atoms with Gasteiger partial charge in [-0.1, -0.05) is 24.3 Å². The number of rotatable bonds is 29. The molecule has 0 aliphatic rings. The van der Waals surface area contributed by atoms with E-state index >= 15 is 0 Å². The van der Waals surface area contributed by atoms with Crippen LogP contribution in [0.3, 0.4) is 0 Å². The Bertz CT molecular complexity index is 984. The molecule has 0 fully saturated rings. The number of hydrogen-bond donors (Lipinski definition) is 5. The van der Waals surface area contributed by atoms with Gasteiger partial charge in [-0.3, -0.25) is 0 Å². The highest BCUT2D eigenvalue weighted by atomic mass is 16.6. The van der Waals surface area contributed by atoms with Gasteiger partial charge in [0.2, 0.25) is 0 Å². The minimum absolute atomic E-state index is 0.0620. The van der Waals surface area contributed by atoms with Gasteiger partial charge in [-0.25, -0.2) is 0 Å². The lowest BCUT2D eigenvalue weighted by Crippen LogP contribution is -2.34. The summed E-state index contributed by atoms with van der Waals surface area (Å²) in [6, 6.07) is 15.6. The molecule has 0 aromatic heterocycles. The maximum absolute atomic E-state index is 9.62. The molecule has 0 amide bonds. The molecule has 0 heterocycles. The maximum Gasteiger partial charge on any atom is 0.119 e. The largest absolute Gasteiger partial charge is 0.491 e. The lowest BCUT2D eigenvalue weighted by molar-refractivity contribution is -0.108. The molecule has 2 aromatic carbocycles. The molecule has 294 valence electrons. The smallest absolute Gasteiger partial charge is 0.119 e. The van der Waals surface area contributed by atoms with Gasteiger partial charge in [0.15, 0.2) is 0 Å². The molecule has 51 heavy (non-hydrogen) atoms. The molecule has 5 N–H and O–H groups in total. The van der Waals surface area contributed by atoms with E-state index in [1.165, 1.54) is 21.3 Å². The highest BCUT2D eigenvalue weighted by Crippen LogP contribution is 2.18. The first-order chi connectivity index (χ1) is 24.6. The van der Waals surface area contributed by atoms with Crippen LogP contribution >= 0.6 is 0 Å². The van der Waals surface area contributed by atoms with E-state index in [4.69, 9.17) is 47.4 Å². The van der Waals surface area contributed by atoms with E-state index in [0.717, 1.165) is 17.5 Å². The van der Waals surface area contributed by atoms with Crippen molar-refractivity contribution >= 4 is 0 Å². The van der Waals surface area contributed by atoms with Crippen molar-refractivity contribution in [1.29, 1.82) is 0 Å². The molecule has 0 spiro atoms. The third-order valence-electron chi connectivity index (χ3n) is 6.69. The van der Waals surface area contributed by atoms with E-state index in [9.17, 15) is 25.5 Å². The summed E-state index contributed by atoms with van der Waals surface area (Å²) in [4.78, 5) is 0. The van der Waals surface area contributed by atoms with Crippen LogP contribution in [0.5, 0.6) is 11.5 Å². The fourth-order valence-electron chi connectivity index (χ4n) is 4.29. The maximum atomic E-state index is 9.62. The van der Waals surface area contributed by atoms with Crippen LogP contribution in [0.1, 0.15) is 11.1 Å². The zero-order valence-electron chi connectivity index (χ0n) is 30.6. The Morgan fingerprint density at radius 1 is 0.392 bits per heavy atom. The van der Waals surface area contributed by atoms with Gasteiger partial charge in [-0.2, -0.15) is 0 Å². The lowest BCUT2D eigenvalue weighted by atomic mass is 10.0. The minimum Gasteiger partial charge on any atom is -0.491 e. The van der Waals surface area contributed by atoms with Crippen LogP contribution in [0.15, 0.2) is 48.5 Å². The Balaban J connectivity index is 0.000000515. The summed E-state index contributed by atoms with van der Waals surface area (Å²) < 4.78 is 51.5. The number of hydrogen-bond acceptors (Lipinski definition) is 15. The first-order valence-corrected chi connectivity index (χ1v) is 16.7. The molecule has 0 bridgehead atoms. The highest BCUT2D eigenvalue weighted by Gasteiger charge is 2.16. The number of benzene rings is 2. The van der Waals surface area contributed by atoms with Crippen molar-refractivity contribution in [3.63, 3.8) is 0 Å². The molecule has 0 saturated carbocycles. The molecular weight excluding hydrogens is 672 g/mol. The molecule has 2 aromatic rings. The molecule has 15 nitrogen and oxygen atoms in total. The van der Waals surface area contributed by atoms with Crippen molar-refractivity contribution in [2.24, 2.45) is 0 Å². The Morgan fingerprint density at radius 3 is 1.04 bits per heavy atom. The summed E-state index contributed by atoms with van der Waals surface area (Å²) in [6.45, 7) is 2.02. The molecule has 15 heteroatoms. The minimum atomic E-state index is -0.754. The van der Waals surface area contributed by atoms with Gasteiger partial charge >= 0.3 is 0 Å². The van der Waals surface area contributed by atoms with Crippen molar-refractivity contribution in [3.8, 4) is 11.5 Å². The van der Waals surface area contributed by atoms with Crippen LogP contribution < -0.4 is 9.47 Å². The number of methoxy groups -OCH3 is 5. The van der Waals surface area contributed by atoms with E-state index in [0.29, 0.717) is 11.5 Å². The van der Waals surface area contributed by atoms with Gasteiger partial charge in [-0.05, 0) is 41.8 Å². The Labute approximate surface area is 301 Å². The fraction of sp³-hybridized carbons (Fsp3) is 0.667. The third kappa shape index (κ3) is 24.4. The highest BCUT2D eigenvalue weighted by molar-refractivity contribution is 5.34. The third-order valence-corrected chi connectivity index (χ3v) is 6.69. The van der Waals surface area contributed by atoms with Crippen LogP contribution in [0.4, 0.5) is 0 Å². The van der Waals surface area contributed by atoms with Gasteiger partial charge in [0.05, 0.1) is 66.1 Å². The normalized spacial score (nSPS) is 14.9. The standard InChI is InChI=1S/C21H28O6.C15H32O9/c1-24-12-18(22)14-26-20-7-3-16(4-8-20)11-17-5-9-21(10-6-17)27-15-19(23)13-25-2;1-19-4-12(16)7-22-10-15(24-9-14(18)6-21-3)11-23-8-13(17)5-20-2/h3-10,18-19,22-23H,11-15H2,1-2H3;12-18H,4-11H2,1-3H3. The van der Waals surface area contributed by atoms with Crippen molar-refractivity contribution < 1.29 is 72.9 Å². The second-order valence-corrected chi connectivity index (χ2v) is 11.7. The van der Waals surface area contributed by atoms with Gasteiger partial charge in [0, 0.05) is 35.5 Å². The molecule has 0 saturated heterocycles. The van der Waals surface area contributed by atoms with E-state index in [1.807, 2.05) is 48.5 Å². The van der Waals surface area contributed by atoms with E-state index in [2.05, 4.69) is 0 Å². The molecule has 5 unspecified atom stereocenters. The lowest BCUT2D eigenvalue weighted by Gasteiger charge is -2.21. The molecule has 0 aliphatic heterocycles. The number of aliphatic hydroxyl groups excluding tert-OH is 5. The average molecular weight is 733 g/mol. The summed E-state index contributed by atoms with van der Waals surface area (Å²) in [5.74, 6) is 1.43. The van der Waals surface area contributed by atoms with E-state index < -0.39 is 36.6 Å². The first-order valence-electron chi connectivity index (χ1n) is 16.7. The van der Waals surface area contributed by atoms with Crippen LogP contribution in [0.2, 0.25) is 0 Å². The monoisotopic (exact) mass is 732 g/mol. The molecule has 5 atom stereocenters. The van der Waals surface area contributed by atoms with Gasteiger partial charge in [-0.15, -0.1) is 0 Å². The Hall–Kier alpha value is -2.48. The van der Waals surface area contributed by atoms with Gasteiger partial charge in [0.1, 0.15) is 61.3 Å². The number of aliphatic hydroxyl groups is 5. The number of ether oxygens (including phenoxy) is 10. The Kier molecular flexibility index (Phi) is 27.4. The van der Waals surface area contributed by atoms with E-state index in [1.54, 1.807) is 14.2 Å². The summed E-state index contributed by atoms with van der Waals surface area (Å²) >= 11 is 0. The SMILES string of the molecule is COCC(O)COCC(COCC(O)COC)OCC(O)COC.COCC(O)COc1ccc(Cc2ccc(OCC(O)COC)cc2)cc1. The van der Waals surface area contributed by atoms with Crippen LogP contribution in [-0.2, 0) is 44.3 Å². The average Bonchev–Trinajstić information content (AvgIpc) is 3.11. The van der Waals surface area contributed by atoms with Crippen molar-refractivity contribution in [2.75, 3.05) is 115 Å². The second-order valence-electron chi connectivity index (χ2n) is 11.7. The van der Waals surface area contributed by atoms with Crippen molar-refractivity contribution in [1.82, 2.24) is 0 Å². The van der Waals surface area contributed by atoms with Crippen LogP contribution in [-0.4, -0.2) is 177 Å². The van der Waals surface area contributed by atoms with Crippen LogP contribution in [0.25, 0.3) is 0 Å². The van der Waals surface area contributed by atoms with Gasteiger partial charge in [0.25, 0.3) is 0 Å². The van der Waals surface area contributed by atoms with Crippen LogP contribution in [0, 0.1) is 0 Å². The topological polar surface area (TPSA) is 193 Å². The zero-order valence-corrected chi connectivity index (χ0v) is 30.6.